The van der Waals surface area contributed by atoms with Crippen molar-refractivity contribution < 1.29 is 0 Å². The molecule has 49 heavy (non-hydrogen) atoms. The lowest BCUT2D eigenvalue weighted by Crippen LogP contribution is -1.97. The van der Waals surface area contributed by atoms with Gasteiger partial charge in [-0.25, -0.2) is 0 Å². The third kappa shape index (κ3) is 4.28. The zero-order valence-electron chi connectivity index (χ0n) is 27.1. The van der Waals surface area contributed by atoms with Crippen molar-refractivity contribution in [3.05, 3.63) is 182 Å². The zero-order chi connectivity index (χ0) is 32.5. The number of aryl methyl sites for hydroxylation is 1. The molecule has 0 atom stereocenters. The Hall–Kier alpha value is -6.38. The second-order valence-corrected chi connectivity index (χ2v) is 13.0. The Morgan fingerprint density at radius 3 is 1.73 bits per heavy atom. The van der Waals surface area contributed by atoms with E-state index < -0.39 is 0 Å². The molecule has 0 fully saturated rings. The Kier molecular flexibility index (Phi) is 6.13. The van der Waals surface area contributed by atoms with Crippen LogP contribution in [0.15, 0.2) is 176 Å². The molecule has 2 heterocycles. The fourth-order valence-electron chi connectivity index (χ4n) is 7.96. The number of nitrogens with zero attached hydrogens (tertiary/aromatic N) is 2. The maximum atomic E-state index is 2.49. The van der Waals surface area contributed by atoms with E-state index in [4.69, 9.17) is 0 Å². The Morgan fingerprint density at radius 2 is 1.00 bits per heavy atom. The number of rotatable bonds is 4. The molecule has 0 spiro atoms. The first-order valence-corrected chi connectivity index (χ1v) is 16.9. The highest BCUT2D eigenvalue weighted by Crippen LogP contribution is 2.43. The van der Waals surface area contributed by atoms with Crippen LogP contribution in [-0.4, -0.2) is 9.13 Å². The zero-order valence-corrected chi connectivity index (χ0v) is 27.1. The minimum atomic E-state index is 1.15. The van der Waals surface area contributed by atoms with Gasteiger partial charge in [-0.1, -0.05) is 127 Å². The molecular weight excluding hydrogens is 593 g/mol. The molecule has 10 rings (SSSR count). The lowest BCUT2D eigenvalue weighted by molar-refractivity contribution is 1.11. The molecule has 10 aromatic rings. The van der Waals surface area contributed by atoms with Crippen LogP contribution >= 0.6 is 0 Å². The minimum Gasteiger partial charge on any atom is -0.316 e. The van der Waals surface area contributed by atoms with Gasteiger partial charge in [-0.3, -0.25) is 0 Å². The summed E-state index contributed by atoms with van der Waals surface area (Å²) in [5.41, 5.74) is 12.1. The summed E-state index contributed by atoms with van der Waals surface area (Å²) in [6.45, 7) is 2.19. The maximum absolute atomic E-state index is 2.49. The number of hydrogen-bond acceptors (Lipinski definition) is 0. The quantitative estimate of drug-likeness (QED) is 0.184. The van der Waals surface area contributed by atoms with Gasteiger partial charge < -0.3 is 9.13 Å². The van der Waals surface area contributed by atoms with Crippen molar-refractivity contribution in [3.63, 3.8) is 0 Å². The molecule has 8 aromatic carbocycles. The van der Waals surface area contributed by atoms with E-state index in [1.165, 1.54) is 87.8 Å². The molecule has 2 nitrogen and oxygen atoms in total. The van der Waals surface area contributed by atoms with Gasteiger partial charge in [-0.05, 0) is 93.4 Å². The molecule has 0 aliphatic heterocycles. The van der Waals surface area contributed by atoms with E-state index in [-0.39, 0.29) is 0 Å². The summed E-state index contributed by atoms with van der Waals surface area (Å²) in [5, 5.41) is 8.86. The first-order valence-electron chi connectivity index (χ1n) is 16.9. The molecule has 230 valence electrons. The van der Waals surface area contributed by atoms with Gasteiger partial charge in [-0.2, -0.15) is 0 Å². The normalized spacial score (nSPS) is 11.8. The van der Waals surface area contributed by atoms with Gasteiger partial charge in [0.1, 0.15) is 0 Å². The van der Waals surface area contributed by atoms with Crippen LogP contribution in [-0.2, 0) is 0 Å². The van der Waals surface area contributed by atoms with E-state index in [1.807, 2.05) is 0 Å². The van der Waals surface area contributed by atoms with Crippen LogP contribution in [0.3, 0.4) is 0 Å². The predicted molar refractivity (Wildman–Crippen MR) is 208 cm³/mol. The van der Waals surface area contributed by atoms with Crippen LogP contribution in [0.25, 0.3) is 87.9 Å². The molecule has 0 aliphatic carbocycles. The Bertz CT molecular complexity index is 2810. The van der Waals surface area contributed by atoms with E-state index in [2.05, 4.69) is 192 Å². The van der Waals surface area contributed by atoms with Gasteiger partial charge in [0.05, 0.1) is 16.6 Å². The van der Waals surface area contributed by atoms with Crippen LogP contribution in [0.2, 0.25) is 0 Å². The average Bonchev–Trinajstić information content (AvgIpc) is 3.75. The van der Waals surface area contributed by atoms with E-state index in [9.17, 15) is 0 Å². The summed E-state index contributed by atoms with van der Waals surface area (Å²) in [5.74, 6) is 0. The summed E-state index contributed by atoms with van der Waals surface area (Å²) in [7, 11) is 0. The molecule has 0 radical (unpaired) electrons. The number of benzene rings is 8. The predicted octanol–water partition coefficient (Wildman–Crippen LogP) is 12.7. The molecule has 2 heteroatoms. The molecule has 0 saturated heterocycles. The highest BCUT2D eigenvalue weighted by molar-refractivity contribution is 6.30. The second-order valence-electron chi connectivity index (χ2n) is 13.0. The smallest absolute Gasteiger partial charge is 0.0607 e. The van der Waals surface area contributed by atoms with Crippen molar-refractivity contribution >= 4 is 54.3 Å². The van der Waals surface area contributed by atoms with Gasteiger partial charge in [0.2, 0.25) is 0 Å². The molecular formula is C47H32N2. The summed E-state index contributed by atoms with van der Waals surface area (Å²) >= 11 is 0. The van der Waals surface area contributed by atoms with Crippen molar-refractivity contribution in [1.82, 2.24) is 9.13 Å². The SMILES string of the molecule is Cc1ccccc1-n1ccc2ccc3c(ccc4c3c3c5ccccc5ccc3n4-c3cc(-c4ccccc4)cc(-c4ccccc4)c3)c21. The van der Waals surface area contributed by atoms with Crippen molar-refractivity contribution in [1.29, 1.82) is 0 Å². The fraction of sp³-hybridized carbons (Fsp3) is 0.0213. The van der Waals surface area contributed by atoms with Crippen molar-refractivity contribution in [2.45, 2.75) is 6.92 Å². The van der Waals surface area contributed by atoms with E-state index >= 15 is 0 Å². The Labute approximate surface area is 284 Å². The molecule has 0 unspecified atom stereocenters. The van der Waals surface area contributed by atoms with Crippen molar-refractivity contribution in [3.8, 4) is 33.6 Å². The largest absolute Gasteiger partial charge is 0.316 e. The van der Waals surface area contributed by atoms with Crippen LogP contribution in [0, 0.1) is 6.92 Å². The topological polar surface area (TPSA) is 9.86 Å². The molecule has 0 N–H and O–H groups in total. The highest BCUT2D eigenvalue weighted by Gasteiger charge is 2.20. The second kappa shape index (κ2) is 10.8. The monoisotopic (exact) mass is 624 g/mol. The lowest BCUT2D eigenvalue weighted by Gasteiger charge is -2.15. The maximum Gasteiger partial charge on any atom is 0.0607 e. The lowest BCUT2D eigenvalue weighted by atomic mass is 9.98. The number of para-hydroxylation sites is 1. The first-order chi connectivity index (χ1) is 24.2. The minimum absolute atomic E-state index is 1.15. The van der Waals surface area contributed by atoms with Crippen LogP contribution in [0.4, 0.5) is 0 Å². The molecule has 0 bridgehead atoms. The van der Waals surface area contributed by atoms with Crippen LogP contribution in [0.1, 0.15) is 5.56 Å². The Balaban J connectivity index is 1.35. The van der Waals surface area contributed by atoms with E-state index in [1.54, 1.807) is 0 Å². The fourth-order valence-corrected chi connectivity index (χ4v) is 7.96. The summed E-state index contributed by atoms with van der Waals surface area (Å²) in [4.78, 5) is 0. The first kappa shape index (κ1) is 27.7. The molecule has 0 amide bonds. The van der Waals surface area contributed by atoms with Gasteiger partial charge in [0.15, 0.2) is 0 Å². The molecule has 2 aromatic heterocycles. The number of aromatic nitrogens is 2. The summed E-state index contributed by atoms with van der Waals surface area (Å²) in [6.07, 6.45) is 2.22. The Morgan fingerprint density at radius 1 is 0.408 bits per heavy atom. The molecule has 0 saturated carbocycles. The van der Waals surface area contributed by atoms with Crippen LogP contribution < -0.4 is 0 Å². The van der Waals surface area contributed by atoms with Crippen molar-refractivity contribution in [2.75, 3.05) is 0 Å². The summed E-state index contributed by atoms with van der Waals surface area (Å²) < 4.78 is 4.85. The van der Waals surface area contributed by atoms with Gasteiger partial charge in [0.25, 0.3) is 0 Å². The number of fused-ring (bicyclic) bond motifs is 9. The highest BCUT2D eigenvalue weighted by atomic mass is 15.0. The van der Waals surface area contributed by atoms with Crippen LogP contribution in [0.5, 0.6) is 0 Å². The van der Waals surface area contributed by atoms with Gasteiger partial charge in [0, 0.05) is 39.1 Å². The number of hydrogen-bond donors (Lipinski definition) is 0. The third-order valence-electron chi connectivity index (χ3n) is 10.2. The van der Waals surface area contributed by atoms with E-state index in [0.717, 1.165) is 5.69 Å². The van der Waals surface area contributed by atoms with Gasteiger partial charge >= 0.3 is 0 Å². The summed E-state index contributed by atoms with van der Waals surface area (Å²) in [6, 6.07) is 62.1. The average molecular weight is 625 g/mol. The third-order valence-corrected chi connectivity index (χ3v) is 10.2. The molecule has 0 aliphatic rings. The van der Waals surface area contributed by atoms with E-state index in [0.29, 0.717) is 0 Å². The standard InChI is InChI=1S/C47H32N2/c1-31-12-8-11-19-42(31)48-27-26-35-20-22-40-41(47(35)48)23-25-44-46(40)45-39-18-10-9-17-34(39)21-24-43(45)49(44)38-29-36(32-13-4-2-5-14-32)28-37(30-38)33-15-6-3-7-16-33/h2-30H,1H3. The van der Waals surface area contributed by atoms with Gasteiger partial charge in [-0.15, -0.1) is 0 Å². The van der Waals surface area contributed by atoms with Crippen molar-refractivity contribution in [2.24, 2.45) is 0 Å².